The van der Waals surface area contributed by atoms with E-state index in [0.717, 1.165) is 38.1 Å². The van der Waals surface area contributed by atoms with Gasteiger partial charge in [-0.25, -0.2) is 0 Å². The zero-order chi connectivity index (χ0) is 16.7. The van der Waals surface area contributed by atoms with Gasteiger partial charge < -0.3 is 15.1 Å². The molecule has 24 heavy (non-hydrogen) atoms. The van der Waals surface area contributed by atoms with Crippen LogP contribution in [0.15, 0.2) is 4.99 Å². The third-order valence-corrected chi connectivity index (χ3v) is 5.49. The van der Waals surface area contributed by atoms with E-state index in [4.69, 9.17) is 4.99 Å². The second-order valence-electron chi connectivity index (χ2n) is 8.05. The summed E-state index contributed by atoms with van der Waals surface area (Å²) in [7, 11) is 2.24. The van der Waals surface area contributed by atoms with Gasteiger partial charge in [0.1, 0.15) is 0 Å². The highest BCUT2D eigenvalue weighted by molar-refractivity contribution is 14.0. The molecule has 0 aromatic rings. The number of guanidine groups is 1. The minimum atomic E-state index is 0. The lowest BCUT2D eigenvalue weighted by molar-refractivity contribution is 0.142. The molecule has 4 nitrogen and oxygen atoms in total. The van der Waals surface area contributed by atoms with E-state index in [1.54, 1.807) is 0 Å². The van der Waals surface area contributed by atoms with Gasteiger partial charge >= 0.3 is 0 Å². The van der Waals surface area contributed by atoms with Crippen molar-refractivity contribution in [2.45, 2.75) is 59.3 Å². The topological polar surface area (TPSA) is 30.9 Å². The largest absolute Gasteiger partial charge is 0.357 e. The number of piperidine rings is 2. The van der Waals surface area contributed by atoms with Crippen molar-refractivity contribution in [1.82, 2.24) is 15.1 Å². The Morgan fingerprint density at radius 2 is 2.04 bits per heavy atom. The van der Waals surface area contributed by atoms with Gasteiger partial charge in [-0.15, -0.1) is 24.0 Å². The lowest BCUT2D eigenvalue weighted by Gasteiger charge is -2.42. The first kappa shape index (κ1) is 22.0. The quantitative estimate of drug-likeness (QED) is 0.393. The minimum Gasteiger partial charge on any atom is -0.357 e. The number of likely N-dealkylation sites (tertiary alicyclic amines) is 2. The highest BCUT2D eigenvalue weighted by Crippen LogP contribution is 2.34. The third kappa shape index (κ3) is 6.70. The standard InChI is InChI=1S/C19H38N4.HI/c1-5-10-19(3)11-8-13-23(16-19)18(20-6-2)21-14-17-9-7-12-22(4)15-17;/h17H,5-16H2,1-4H3,(H,20,21);1H. The molecule has 2 aliphatic heterocycles. The molecule has 2 unspecified atom stereocenters. The summed E-state index contributed by atoms with van der Waals surface area (Å²) in [5, 5.41) is 3.55. The summed E-state index contributed by atoms with van der Waals surface area (Å²) in [6, 6.07) is 0. The molecule has 2 heterocycles. The van der Waals surface area contributed by atoms with Crippen LogP contribution < -0.4 is 5.32 Å². The average molecular weight is 450 g/mol. The summed E-state index contributed by atoms with van der Waals surface area (Å²) < 4.78 is 0. The Hall–Kier alpha value is -0.0400. The van der Waals surface area contributed by atoms with Crippen LogP contribution in [-0.4, -0.2) is 62.1 Å². The summed E-state index contributed by atoms with van der Waals surface area (Å²) in [6.45, 7) is 13.7. The molecule has 1 N–H and O–H groups in total. The fourth-order valence-electron chi connectivity index (χ4n) is 4.37. The Kier molecular flexibility index (Phi) is 9.94. The Bertz CT molecular complexity index is 384. The molecule has 0 amide bonds. The van der Waals surface area contributed by atoms with Crippen LogP contribution in [0.2, 0.25) is 0 Å². The van der Waals surface area contributed by atoms with E-state index in [-0.39, 0.29) is 24.0 Å². The van der Waals surface area contributed by atoms with Crippen molar-refractivity contribution < 1.29 is 0 Å². The molecule has 2 aliphatic rings. The maximum atomic E-state index is 5.03. The van der Waals surface area contributed by atoms with Crippen molar-refractivity contribution in [3.63, 3.8) is 0 Å². The van der Waals surface area contributed by atoms with Crippen molar-refractivity contribution in [3.8, 4) is 0 Å². The fourth-order valence-corrected chi connectivity index (χ4v) is 4.37. The van der Waals surface area contributed by atoms with Crippen molar-refractivity contribution >= 4 is 29.9 Å². The van der Waals surface area contributed by atoms with Gasteiger partial charge in [0.25, 0.3) is 0 Å². The fraction of sp³-hybridized carbons (Fsp3) is 0.947. The molecule has 0 aromatic carbocycles. The molecule has 5 heteroatoms. The lowest BCUT2D eigenvalue weighted by atomic mass is 9.78. The highest BCUT2D eigenvalue weighted by Gasteiger charge is 2.31. The zero-order valence-corrected chi connectivity index (χ0v) is 18.6. The second-order valence-corrected chi connectivity index (χ2v) is 8.05. The number of aliphatic imine (C=N–C) groups is 1. The van der Waals surface area contributed by atoms with E-state index < -0.39 is 0 Å². The maximum absolute atomic E-state index is 5.03. The van der Waals surface area contributed by atoms with Crippen LogP contribution in [0, 0.1) is 11.3 Å². The molecule has 2 saturated heterocycles. The predicted octanol–water partition coefficient (Wildman–Crippen LogP) is 3.81. The number of nitrogens with one attached hydrogen (secondary N) is 1. The summed E-state index contributed by atoms with van der Waals surface area (Å²) >= 11 is 0. The molecule has 2 fully saturated rings. The smallest absolute Gasteiger partial charge is 0.193 e. The molecule has 0 bridgehead atoms. The molecule has 0 aliphatic carbocycles. The van der Waals surface area contributed by atoms with Crippen LogP contribution in [0.4, 0.5) is 0 Å². The summed E-state index contributed by atoms with van der Waals surface area (Å²) in [5.41, 5.74) is 0.467. The zero-order valence-electron chi connectivity index (χ0n) is 16.3. The van der Waals surface area contributed by atoms with Gasteiger partial charge in [0.2, 0.25) is 0 Å². The van der Waals surface area contributed by atoms with Crippen LogP contribution >= 0.6 is 24.0 Å². The molecule has 0 aromatic heterocycles. The van der Waals surface area contributed by atoms with Gasteiger partial charge in [0, 0.05) is 32.7 Å². The van der Waals surface area contributed by atoms with E-state index in [2.05, 4.69) is 42.9 Å². The monoisotopic (exact) mass is 450 g/mol. The Labute approximate surface area is 166 Å². The number of nitrogens with zero attached hydrogens (tertiary/aromatic N) is 3. The maximum Gasteiger partial charge on any atom is 0.193 e. The summed E-state index contributed by atoms with van der Waals surface area (Å²) in [5.74, 6) is 1.89. The van der Waals surface area contributed by atoms with Crippen molar-refractivity contribution in [3.05, 3.63) is 0 Å². The number of hydrogen-bond acceptors (Lipinski definition) is 2. The normalized spacial score (nSPS) is 29.2. The van der Waals surface area contributed by atoms with Gasteiger partial charge in [-0.3, -0.25) is 4.99 Å². The molecule has 142 valence electrons. The first-order chi connectivity index (χ1) is 11.1. The first-order valence-electron chi connectivity index (χ1n) is 9.78. The summed E-state index contributed by atoms with van der Waals surface area (Å²) in [6.07, 6.45) is 7.94. The van der Waals surface area contributed by atoms with Gasteiger partial charge in [0.15, 0.2) is 5.96 Å². The highest BCUT2D eigenvalue weighted by atomic mass is 127. The van der Waals surface area contributed by atoms with Crippen LogP contribution in [0.3, 0.4) is 0 Å². The van der Waals surface area contributed by atoms with E-state index >= 15 is 0 Å². The summed E-state index contributed by atoms with van der Waals surface area (Å²) in [4.78, 5) is 10.0. The van der Waals surface area contributed by atoms with Gasteiger partial charge in [-0.2, -0.15) is 0 Å². The van der Waals surface area contributed by atoms with E-state index in [0.29, 0.717) is 5.41 Å². The van der Waals surface area contributed by atoms with E-state index in [1.807, 2.05) is 0 Å². The first-order valence-corrected chi connectivity index (χ1v) is 9.78. The average Bonchev–Trinajstić information content (AvgIpc) is 2.51. The number of halogens is 1. The minimum absolute atomic E-state index is 0. The van der Waals surface area contributed by atoms with Gasteiger partial charge in [-0.05, 0) is 64.0 Å². The van der Waals surface area contributed by atoms with Crippen molar-refractivity contribution in [2.24, 2.45) is 16.3 Å². The van der Waals surface area contributed by atoms with Crippen LogP contribution in [-0.2, 0) is 0 Å². The van der Waals surface area contributed by atoms with Crippen molar-refractivity contribution in [2.75, 3.05) is 46.3 Å². The number of rotatable bonds is 5. The van der Waals surface area contributed by atoms with Crippen LogP contribution in [0.5, 0.6) is 0 Å². The molecular weight excluding hydrogens is 411 g/mol. The predicted molar refractivity (Wildman–Crippen MR) is 115 cm³/mol. The molecule has 0 radical (unpaired) electrons. The van der Waals surface area contributed by atoms with Crippen molar-refractivity contribution in [1.29, 1.82) is 0 Å². The Balaban J connectivity index is 0.00000288. The van der Waals surface area contributed by atoms with Gasteiger partial charge in [0.05, 0.1) is 0 Å². The Morgan fingerprint density at radius 3 is 2.71 bits per heavy atom. The van der Waals surface area contributed by atoms with Gasteiger partial charge in [-0.1, -0.05) is 20.3 Å². The van der Waals surface area contributed by atoms with E-state index in [1.165, 1.54) is 51.6 Å². The lowest BCUT2D eigenvalue weighted by Crippen LogP contribution is -2.50. The number of hydrogen-bond donors (Lipinski definition) is 1. The second kappa shape index (κ2) is 10.8. The molecule has 0 saturated carbocycles. The SMILES string of the molecule is CCCC1(C)CCCN(C(=NCC2CCCN(C)C2)NCC)C1.I. The van der Waals surface area contributed by atoms with E-state index in [9.17, 15) is 0 Å². The van der Waals surface area contributed by atoms with Crippen LogP contribution in [0.1, 0.15) is 59.3 Å². The molecule has 2 rings (SSSR count). The third-order valence-electron chi connectivity index (χ3n) is 5.49. The van der Waals surface area contributed by atoms with Crippen LogP contribution in [0.25, 0.3) is 0 Å². The Morgan fingerprint density at radius 1 is 1.25 bits per heavy atom. The molecule has 2 atom stereocenters. The molecular formula is C19H39IN4. The molecule has 0 spiro atoms.